The third kappa shape index (κ3) is 2.30. The average molecular weight is 170 g/mol. The van der Waals surface area contributed by atoms with Gasteiger partial charge in [-0.05, 0) is 19.5 Å². The van der Waals surface area contributed by atoms with Crippen LogP contribution in [-0.4, -0.2) is 24.9 Å². The quantitative estimate of drug-likeness (QED) is 0.448. The van der Waals surface area contributed by atoms with Crippen molar-refractivity contribution in [3.8, 4) is 0 Å². The van der Waals surface area contributed by atoms with E-state index in [-0.39, 0.29) is 17.7 Å². The molecule has 1 unspecified atom stereocenters. The van der Waals surface area contributed by atoms with Crippen LogP contribution in [0, 0.1) is 5.92 Å². The molecule has 0 spiro atoms. The molecule has 2 N–H and O–H groups in total. The molecular formula is C8H14N2O2. The second-order valence-electron chi connectivity index (χ2n) is 2.96. The lowest BCUT2D eigenvalue weighted by Crippen LogP contribution is -2.24. The first-order valence-corrected chi connectivity index (χ1v) is 4.28. The minimum atomic E-state index is -0.138. The van der Waals surface area contributed by atoms with Crippen molar-refractivity contribution in [2.45, 2.75) is 19.8 Å². The molecule has 1 rings (SSSR count). The molecule has 0 aromatic carbocycles. The molecule has 1 aliphatic rings. The van der Waals surface area contributed by atoms with Crippen molar-refractivity contribution >= 4 is 11.8 Å². The van der Waals surface area contributed by atoms with E-state index >= 15 is 0 Å². The van der Waals surface area contributed by atoms with Crippen LogP contribution in [0.15, 0.2) is 0 Å². The van der Waals surface area contributed by atoms with E-state index in [1.165, 1.54) is 0 Å². The molecule has 0 bridgehead atoms. The summed E-state index contributed by atoms with van der Waals surface area (Å²) in [4.78, 5) is 21.8. The summed E-state index contributed by atoms with van der Waals surface area (Å²) in [5.41, 5.74) is 0. The zero-order chi connectivity index (χ0) is 8.97. The zero-order valence-electron chi connectivity index (χ0n) is 7.22. The number of imide groups is 1. The van der Waals surface area contributed by atoms with Gasteiger partial charge in [0.2, 0.25) is 11.8 Å². The van der Waals surface area contributed by atoms with E-state index in [2.05, 4.69) is 10.6 Å². The highest BCUT2D eigenvalue weighted by Gasteiger charge is 2.29. The molecule has 2 amide bonds. The van der Waals surface area contributed by atoms with Crippen LogP contribution in [0.1, 0.15) is 19.8 Å². The van der Waals surface area contributed by atoms with Crippen molar-refractivity contribution in [2.75, 3.05) is 13.1 Å². The summed E-state index contributed by atoms with van der Waals surface area (Å²) < 4.78 is 0. The maximum absolute atomic E-state index is 11.0. The number of carbonyl (C=O) groups excluding carboxylic acids is 2. The minimum Gasteiger partial charge on any atom is -0.317 e. The first kappa shape index (κ1) is 9.19. The van der Waals surface area contributed by atoms with Gasteiger partial charge < -0.3 is 5.32 Å². The smallest absolute Gasteiger partial charge is 0.230 e. The maximum atomic E-state index is 11.0. The molecule has 68 valence electrons. The lowest BCUT2D eigenvalue weighted by Gasteiger charge is -2.04. The molecule has 4 nitrogen and oxygen atoms in total. The van der Waals surface area contributed by atoms with Crippen LogP contribution in [0.25, 0.3) is 0 Å². The molecule has 0 aliphatic carbocycles. The third-order valence-electron chi connectivity index (χ3n) is 1.98. The lowest BCUT2D eigenvalue weighted by atomic mass is 10.0. The molecule has 0 saturated carbocycles. The van der Waals surface area contributed by atoms with Crippen LogP contribution in [0.3, 0.4) is 0 Å². The summed E-state index contributed by atoms with van der Waals surface area (Å²) in [6, 6.07) is 0. The molecule has 1 fully saturated rings. The molecule has 1 saturated heterocycles. The molecular weight excluding hydrogens is 156 g/mol. The van der Waals surface area contributed by atoms with E-state index in [0.29, 0.717) is 6.42 Å². The Morgan fingerprint density at radius 1 is 1.58 bits per heavy atom. The van der Waals surface area contributed by atoms with Crippen molar-refractivity contribution in [1.29, 1.82) is 0 Å². The average Bonchev–Trinajstić information content (AvgIpc) is 2.31. The fourth-order valence-corrected chi connectivity index (χ4v) is 1.29. The van der Waals surface area contributed by atoms with E-state index in [0.717, 1.165) is 19.5 Å². The standard InChI is InChI=1S/C8H14N2O2/c1-2-9-4-3-6-5-7(11)10-8(6)12/h6,9H,2-5H2,1H3,(H,10,11,12). The van der Waals surface area contributed by atoms with E-state index in [9.17, 15) is 9.59 Å². The van der Waals surface area contributed by atoms with Crippen molar-refractivity contribution in [3.05, 3.63) is 0 Å². The summed E-state index contributed by atoms with van der Waals surface area (Å²) in [5.74, 6) is -0.351. The predicted octanol–water partition coefficient (Wildman–Crippen LogP) is -0.351. The zero-order valence-corrected chi connectivity index (χ0v) is 7.22. The second kappa shape index (κ2) is 4.21. The van der Waals surface area contributed by atoms with E-state index in [4.69, 9.17) is 0 Å². The normalized spacial score (nSPS) is 22.9. The SMILES string of the molecule is CCNCCC1CC(=O)NC1=O. The van der Waals surface area contributed by atoms with Gasteiger partial charge in [-0.25, -0.2) is 0 Å². The molecule has 0 aromatic rings. The molecule has 1 heterocycles. The van der Waals surface area contributed by atoms with E-state index in [1.54, 1.807) is 0 Å². The highest BCUT2D eigenvalue weighted by Crippen LogP contribution is 2.13. The van der Waals surface area contributed by atoms with Gasteiger partial charge in [0, 0.05) is 12.3 Å². The van der Waals surface area contributed by atoms with Crippen LogP contribution in [0.5, 0.6) is 0 Å². The van der Waals surface area contributed by atoms with Gasteiger partial charge in [0.15, 0.2) is 0 Å². The topological polar surface area (TPSA) is 58.2 Å². The largest absolute Gasteiger partial charge is 0.317 e. The first-order chi connectivity index (χ1) is 5.74. The highest BCUT2D eigenvalue weighted by molar-refractivity contribution is 6.03. The van der Waals surface area contributed by atoms with Gasteiger partial charge in [-0.15, -0.1) is 0 Å². The molecule has 0 radical (unpaired) electrons. The Balaban J connectivity index is 2.24. The van der Waals surface area contributed by atoms with Crippen LogP contribution >= 0.6 is 0 Å². The van der Waals surface area contributed by atoms with Gasteiger partial charge in [0.1, 0.15) is 0 Å². The number of carbonyl (C=O) groups is 2. The molecule has 1 aliphatic heterocycles. The second-order valence-corrected chi connectivity index (χ2v) is 2.96. The van der Waals surface area contributed by atoms with E-state index in [1.807, 2.05) is 6.92 Å². The van der Waals surface area contributed by atoms with Crippen LogP contribution in [0.2, 0.25) is 0 Å². The Hall–Kier alpha value is -0.900. The summed E-state index contributed by atoms with van der Waals surface area (Å²) in [7, 11) is 0. The summed E-state index contributed by atoms with van der Waals surface area (Å²) >= 11 is 0. The van der Waals surface area contributed by atoms with Crippen molar-refractivity contribution in [2.24, 2.45) is 5.92 Å². The summed E-state index contributed by atoms with van der Waals surface area (Å²) in [6.07, 6.45) is 1.12. The summed E-state index contributed by atoms with van der Waals surface area (Å²) in [6.45, 7) is 3.73. The summed E-state index contributed by atoms with van der Waals surface area (Å²) in [5, 5.41) is 5.41. The van der Waals surface area contributed by atoms with Crippen LogP contribution in [-0.2, 0) is 9.59 Å². The van der Waals surface area contributed by atoms with Gasteiger partial charge in [-0.2, -0.15) is 0 Å². The van der Waals surface area contributed by atoms with Crippen molar-refractivity contribution < 1.29 is 9.59 Å². The predicted molar refractivity (Wildman–Crippen MR) is 44.4 cm³/mol. The third-order valence-corrected chi connectivity index (χ3v) is 1.98. The molecule has 0 aromatic heterocycles. The lowest BCUT2D eigenvalue weighted by molar-refractivity contribution is -0.125. The monoisotopic (exact) mass is 170 g/mol. The Morgan fingerprint density at radius 3 is 2.83 bits per heavy atom. The van der Waals surface area contributed by atoms with Gasteiger partial charge in [0.05, 0.1) is 0 Å². The fraction of sp³-hybridized carbons (Fsp3) is 0.750. The minimum absolute atomic E-state index is 0.100. The number of rotatable bonds is 4. The van der Waals surface area contributed by atoms with Gasteiger partial charge >= 0.3 is 0 Å². The Kier molecular flexibility index (Phi) is 3.22. The Labute approximate surface area is 71.7 Å². The van der Waals surface area contributed by atoms with Crippen molar-refractivity contribution in [3.63, 3.8) is 0 Å². The first-order valence-electron chi connectivity index (χ1n) is 4.28. The van der Waals surface area contributed by atoms with Crippen LogP contribution < -0.4 is 10.6 Å². The number of hydrogen-bond acceptors (Lipinski definition) is 3. The fourth-order valence-electron chi connectivity index (χ4n) is 1.29. The van der Waals surface area contributed by atoms with E-state index < -0.39 is 0 Å². The molecule has 4 heteroatoms. The van der Waals surface area contributed by atoms with Crippen molar-refractivity contribution in [1.82, 2.24) is 10.6 Å². The number of hydrogen-bond donors (Lipinski definition) is 2. The number of nitrogens with one attached hydrogen (secondary N) is 2. The van der Waals surface area contributed by atoms with Crippen LogP contribution in [0.4, 0.5) is 0 Å². The van der Waals surface area contributed by atoms with Gasteiger partial charge in [-0.3, -0.25) is 14.9 Å². The van der Waals surface area contributed by atoms with Gasteiger partial charge in [-0.1, -0.05) is 6.92 Å². The molecule has 12 heavy (non-hydrogen) atoms. The Morgan fingerprint density at radius 2 is 2.33 bits per heavy atom. The molecule has 1 atom stereocenters. The Bertz CT molecular complexity index is 191. The van der Waals surface area contributed by atoms with Gasteiger partial charge in [0.25, 0.3) is 0 Å². The number of amides is 2. The maximum Gasteiger partial charge on any atom is 0.230 e. The highest BCUT2D eigenvalue weighted by atomic mass is 16.2.